The quantitative estimate of drug-likeness (QED) is 0.861. The van der Waals surface area contributed by atoms with Crippen molar-refractivity contribution in [1.29, 1.82) is 0 Å². The number of halogens is 1. The van der Waals surface area contributed by atoms with Crippen molar-refractivity contribution in [1.82, 2.24) is 0 Å². The Morgan fingerprint density at radius 2 is 2.17 bits per heavy atom. The molecule has 1 aromatic carbocycles. The lowest BCUT2D eigenvalue weighted by atomic mass is 10.1. The van der Waals surface area contributed by atoms with Gasteiger partial charge in [0, 0.05) is 22.9 Å². The third-order valence-electron chi connectivity index (χ3n) is 2.78. The first-order valence-corrected chi connectivity index (χ1v) is 8.03. The van der Waals surface area contributed by atoms with Crippen LogP contribution >= 0.6 is 15.9 Å². The minimum Gasteiger partial charge on any atom is -0.348 e. The van der Waals surface area contributed by atoms with Crippen LogP contribution in [0, 0.1) is 0 Å². The Labute approximate surface area is 115 Å². The number of rotatable bonds is 4. The molecule has 1 aliphatic heterocycles. The summed E-state index contributed by atoms with van der Waals surface area (Å²) in [7, 11) is -3.87. The molecule has 6 heteroatoms. The summed E-state index contributed by atoms with van der Waals surface area (Å²) in [6.45, 7) is 0.574. The Morgan fingerprint density at radius 3 is 2.89 bits per heavy atom. The zero-order chi connectivity index (χ0) is 13.2. The normalized spacial score (nSPS) is 14.7. The molecule has 1 aliphatic rings. The highest BCUT2D eigenvalue weighted by atomic mass is 79.9. The van der Waals surface area contributed by atoms with E-state index in [1.165, 1.54) is 5.56 Å². The molecule has 1 N–H and O–H groups in total. The smallest absolute Gasteiger partial charge is 0.264 e. The van der Waals surface area contributed by atoms with E-state index in [0.717, 1.165) is 16.6 Å². The highest BCUT2D eigenvalue weighted by Crippen LogP contribution is 2.28. The van der Waals surface area contributed by atoms with Gasteiger partial charge < -0.3 is 4.90 Å². The summed E-state index contributed by atoms with van der Waals surface area (Å²) in [5.41, 5.74) is 2.30. The molecule has 0 spiro atoms. The van der Waals surface area contributed by atoms with E-state index < -0.39 is 10.1 Å². The van der Waals surface area contributed by atoms with Crippen molar-refractivity contribution >= 4 is 31.7 Å². The second-order valence-electron chi connectivity index (χ2n) is 4.19. The fourth-order valence-electron chi connectivity index (χ4n) is 2.00. The molecule has 0 radical (unpaired) electrons. The summed E-state index contributed by atoms with van der Waals surface area (Å²) in [6, 6.07) is 6.04. The van der Waals surface area contributed by atoms with E-state index in [1.54, 1.807) is 0 Å². The number of hydrogen-bond acceptors (Lipinski definition) is 3. The lowest BCUT2D eigenvalue weighted by Gasteiger charge is -2.26. The zero-order valence-electron chi connectivity index (χ0n) is 9.71. The second-order valence-corrected chi connectivity index (χ2v) is 6.68. The van der Waals surface area contributed by atoms with Gasteiger partial charge in [0.2, 0.25) is 0 Å². The van der Waals surface area contributed by atoms with Gasteiger partial charge >= 0.3 is 0 Å². The summed E-state index contributed by atoms with van der Waals surface area (Å²) in [5, 5.41) is 0. The van der Waals surface area contributed by atoms with Crippen LogP contribution in [0.1, 0.15) is 12.0 Å². The van der Waals surface area contributed by atoms with Crippen molar-refractivity contribution < 1.29 is 13.0 Å². The minimum absolute atomic E-state index is 0.205. The van der Waals surface area contributed by atoms with E-state index in [1.807, 2.05) is 29.3 Å². The van der Waals surface area contributed by atoms with Crippen molar-refractivity contribution in [3.8, 4) is 0 Å². The summed E-state index contributed by atoms with van der Waals surface area (Å²) >= 11 is 3.43. The predicted octanol–water partition coefficient (Wildman–Crippen LogP) is 2.60. The Kier molecular flexibility index (Phi) is 4.09. The van der Waals surface area contributed by atoms with Crippen LogP contribution in [0.25, 0.3) is 0 Å². The molecule has 2 rings (SSSR count). The fourth-order valence-corrected chi connectivity index (χ4v) is 2.90. The maximum Gasteiger partial charge on any atom is 0.264 e. The van der Waals surface area contributed by atoms with Crippen LogP contribution in [0.15, 0.2) is 34.9 Å². The van der Waals surface area contributed by atoms with Crippen LogP contribution in [0.3, 0.4) is 0 Å². The first-order valence-electron chi connectivity index (χ1n) is 5.62. The van der Waals surface area contributed by atoms with Gasteiger partial charge in [-0.1, -0.05) is 22.0 Å². The maximum atomic E-state index is 10.7. The Balaban J connectivity index is 2.07. The summed E-state index contributed by atoms with van der Waals surface area (Å²) in [5.74, 6) is -0.205. The van der Waals surface area contributed by atoms with E-state index in [4.69, 9.17) is 4.55 Å². The van der Waals surface area contributed by atoms with Crippen LogP contribution in [0.4, 0.5) is 5.69 Å². The first kappa shape index (κ1) is 13.6. The molecular weight excluding hydrogens is 318 g/mol. The number of benzene rings is 1. The molecule has 0 bridgehead atoms. The van der Waals surface area contributed by atoms with Gasteiger partial charge in [0.1, 0.15) is 0 Å². The topological polar surface area (TPSA) is 57.6 Å². The van der Waals surface area contributed by atoms with Crippen LogP contribution in [0.2, 0.25) is 0 Å². The predicted molar refractivity (Wildman–Crippen MR) is 75.4 cm³/mol. The van der Waals surface area contributed by atoms with Crippen LogP contribution < -0.4 is 4.90 Å². The lowest BCUT2D eigenvalue weighted by Crippen LogP contribution is -2.23. The molecule has 1 aromatic rings. The van der Waals surface area contributed by atoms with Gasteiger partial charge in [-0.15, -0.1) is 0 Å². The highest BCUT2D eigenvalue weighted by molar-refractivity contribution is 9.10. The largest absolute Gasteiger partial charge is 0.348 e. The van der Waals surface area contributed by atoms with E-state index in [0.29, 0.717) is 13.0 Å². The van der Waals surface area contributed by atoms with Crippen molar-refractivity contribution in [3.63, 3.8) is 0 Å². The number of anilines is 1. The van der Waals surface area contributed by atoms with Gasteiger partial charge in [0.25, 0.3) is 10.1 Å². The van der Waals surface area contributed by atoms with E-state index in [-0.39, 0.29) is 5.75 Å². The molecule has 18 heavy (non-hydrogen) atoms. The molecule has 1 heterocycles. The fraction of sp³-hybridized carbons (Fsp3) is 0.333. The average molecular weight is 332 g/mol. The Bertz CT molecular complexity index is 569. The molecule has 98 valence electrons. The van der Waals surface area contributed by atoms with Crippen LogP contribution in [-0.4, -0.2) is 25.3 Å². The number of allylic oxidation sites excluding steroid dienone is 1. The Morgan fingerprint density at radius 1 is 1.39 bits per heavy atom. The molecule has 0 saturated carbocycles. The lowest BCUT2D eigenvalue weighted by molar-refractivity contribution is 0.481. The van der Waals surface area contributed by atoms with Gasteiger partial charge in [-0.2, -0.15) is 8.42 Å². The SMILES string of the molecule is O=S(=O)(O)CCCN1C=CCc2cc(Br)ccc21. The molecule has 0 aromatic heterocycles. The summed E-state index contributed by atoms with van der Waals surface area (Å²) < 4.78 is 31.1. The van der Waals surface area contributed by atoms with Gasteiger partial charge in [-0.25, -0.2) is 0 Å². The monoisotopic (exact) mass is 331 g/mol. The number of fused-ring (bicyclic) bond motifs is 1. The molecule has 0 unspecified atom stereocenters. The third kappa shape index (κ3) is 3.57. The summed E-state index contributed by atoms with van der Waals surface area (Å²) in [6.07, 6.45) is 5.28. The van der Waals surface area contributed by atoms with E-state index >= 15 is 0 Å². The van der Waals surface area contributed by atoms with Gasteiger partial charge in [0.15, 0.2) is 0 Å². The van der Waals surface area contributed by atoms with E-state index in [9.17, 15) is 8.42 Å². The molecule has 0 amide bonds. The van der Waals surface area contributed by atoms with Gasteiger partial charge in [0.05, 0.1) is 5.75 Å². The van der Waals surface area contributed by atoms with Crippen molar-refractivity contribution in [2.75, 3.05) is 17.2 Å². The molecule has 0 fully saturated rings. The average Bonchev–Trinajstić information content (AvgIpc) is 2.27. The molecule has 0 atom stereocenters. The van der Waals surface area contributed by atoms with Crippen molar-refractivity contribution in [2.45, 2.75) is 12.8 Å². The molecule has 0 saturated heterocycles. The zero-order valence-corrected chi connectivity index (χ0v) is 12.1. The minimum atomic E-state index is -3.87. The molecular formula is C12H14BrNO3S. The highest BCUT2D eigenvalue weighted by Gasteiger charge is 2.13. The van der Waals surface area contributed by atoms with Crippen molar-refractivity contribution in [2.24, 2.45) is 0 Å². The standard InChI is InChI=1S/C12H14BrNO3S/c13-11-4-5-12-10(9-11)3-1-6-14(12)7-2-8-18(15,16)17/h1,4-6,9H,2-3,7-8H2,(H,15,16,17). The number of nitrogens with zero attached hydrogens (tertiary/aromatic N) is 1. The van der Waals surface area contributed by atoms with E-state index in [2.05, 4.69) is 22.0 Å². The van der Waals surface area contributed by atoms with Crippen LogP contribution in [0.5, 0.6) is 0 Å². The Hall–Kier alpha value is -0.850. The third-order valence-corrected chi connectivity index (χ3v) is 4.07. The van der Waals surface area contributed by atoms with Gasteiger partial charge in [-0.3, -0.25) is 4.55 Å². The van der Waals surface area contributed by atoms with Crippen LogP contribution in [-0.2, 0) is 16.5 Å². The van der Waals surface area contributed by atoms with Gasteiger partial charge in [-0.05, 0) is 36.6 Å². The number of hydrogen-bond donors (Lipinski definition) is 1. The first-order chi connectivity index (χ1) is 8.46. The van der Waals surface area contributed by atoms with Crippen molar-refractivity contribution in [3.05, 3.63) is 40.5 Å². The second kappa shape index (κ2) is 5.42. The molecule has 0 aliphatic carbocycles. The maximum absolute atomic E-state index is 10.7. The summed E-state index contributed by atoms with van der Waals surface area (Å²) in [4.78, 5) is 2.01. The molecule has 4 nitrogen and oxygen atoms in total.